The number of sulfonamides is 1. The van der Waals surface area contributed by atoms with E-state index in [0.717, 1.165) is 0 Å². The monoisotopic (exact) mass is 247 g/mol. The van der Waals surface area contributed by atoms with Crippen LogP contribution in [0.4, 0.5) is 0 Å². The van der Waals surface area contributed by atoms with Gasteiger partial charge in [0.05, 0.1) is 4.90 Å². The lowest BCUT2D eigenvalue weighted by atomic mass is 10.1. The number of Topliss-reactive ketones (excluding diaryl/α,β-unsaturated/α-hetero) is 1. The molecule has 0 bridgehead atoms. The predicted octanol–water partition coefficient (Wildman–Crippen LogP) is 1.25. The molecule has 1 aromatic carbocycles. The highest BCUT2D eigenvalue weighted by atomic mass is 35.5. The Hall–Kier alpha value is -0.910. The number of hydrogen-bond acceptors (Lipinski definition) is 3. The Morgan fingerprint density at radius 3 is 2.67 bits per heavy atom. The van der Waals surface area contributed by atoms with E-state index in [0.29, 0.717) is 5.56 Å². The van der Waals surface area contributed by atoms with E-state index in [1.165, 1.54) is 19.1 Å². The lowest BCUT2D eigenvalue weighted by Gasteiger charge is -2.03. The number of nitrogens with one attached hydrogen (secondary N) is 1. The average Bonchev–Trinajstić information content (AvgIpc) is 2.17. The highest BCUT2D eigenvalue weighted by Crippen LogP contribution is 2.12. The van der Waals surface area contributed by atoms with Crippen molar-refractivity contribution in [2.24, 2.45) is 0 Å². The van der Waals surface area contributed by atoms with Crippen LogP contribution in [0.3, 0.4) is 0 Å². The van der Waals surface area contributed by atoms with Crippen molar-refractivity contribution < 1.29 is 13.2 Å². The molecule has 0 aromatic heterocycles. The minimum Gasteiger partial charge on any atom is -0.300 e. The molecule has 1 aromatic rings. The zero-order valence-corrected chi connectivity index (χ0v) is 9.60. The van der Waals surface area contributed by atoms with Crippen molar-refractivity contribution >= 4 is 27.6 Å². The van der Waals surface area contributed by atoms with Crippen LogP contribution in [0.1, 0.15) is 12.5 Å². The number of carbonyl (C=O) groups excluding carboxylic acids is 1. The Kier molecular flexibility index (Phi) is 3.84. The van der Waals surface area contributed by atoms with Gasteiger partial charge in [-0.05, 0) is 36.4 Å². The zero-order chi connectivity index (χ0) is 11.5. The van der Waals surface area contributed by atoms with Crippen LogP contribution < -0.4 is 4.24 Å². The minimum absolute atomic E-state index is 0.0246. The van der Waals surface area contributed by atoms with Crippen LogP contribution in [0.25, 0.3) is 0 Å². The molecule has 1 rings (SSSR count). The largest absolute Gasteiger partial charge is 0.300 e. The number of carbonyl (C=O) groups is 1. The molecule has 0 fully saturated rings. The van der Waals surface area contributed by atoms with Gasteiger partial charge >= 0.3 is 0 Å². The van der Waals surface area contributed by atoms with E-state index >= 15 is 0 Å². The van der Waals surface area contributed by atoms with Crippen LogP contribution in [0.5, 0.6) is 0 Å². The molecular weight excluding hydrogens is 238 g/mol. The molecule has 0 saturated heterocycles. The number of ketones is 1. The van der Waals surface area contributed by atoms with Crippen LogP contribution in [-0.2, 0) is 21.2 Å². The fourth-order valence-corrected chi connectivity index (χ4v) is 2.08. The maximum atomic E-state index is 11.3. The van der Waals surface area contributed by atoms with Gasteiger partial charge in [-0.2, -0.15) is 0 Å². The molecule has 0 aliphatic rings. The van der Waals surface area contributed by atoms with Crippen molar-refractivity contribution in [2.75, 3.05) is 0 Å². The number of halogens is 1. The molecule has 6 heteroatoms. The summed E-state index contributed by atoms with van der Waals surface area (Å²) in [6.07, 6.45) is 0.214. The Morgan fingerprint density at radius 2 is 2.13 bits per heavy atom. The molecule has 0 spiro atoms. The summed E-state index contributed by atoms with van der Waals surface area (Å²) in [6, 6.07) is 6.09. The Labute approximate surface area is 93.4 Å². The summed E-state index contributed by atoms with van der Waals surface area (Å²) in [6.45, 7) is 1.45. The van der Waals surface area contributed by atoms with Crippen LogP contribution in [0.2, 0.25) is 0 Å². The quantitative estimate of drug-likeness (QED) is 0.815. The topological polar surface area (TPSA) is 63.2 Å². The van der Waals surface area contributed by atoms with E-state index in [9.17, 15) is 13.2 Å². The number of hydrogen-bond donors (Lipinski definition) is 1. The van der Waals surface area contributed by atoms with Crippen LogP contribution in [0, 0.1) is 0 Å². The molecule has 4 nitrogen and oxygen atoms in total. The van der Waals surface area contributed by atoms with Gasteiger partial charge in [0, 0.05) is 6.42 Å². The van der Waals surface area contributed by atoms with Crippen molar-refractivity contribution in [2.45, 2.75) is 18.2 Å². The Bertz CT molecular complexity index is 470. The van der Waals surface area contributed by atoms with Crippen molar-refractivity contribution in [1.82, 2.24) is 4.24 Å². The third-order valence-electron chi connectivity index (χ3n) is 1.76. The summed E-state index contributed by atoms with van der Waals surface area (Å²) < 4.78 is 24.3. The van der Waals surface area contributed by atoms with E-state index in [2.05, 4.69) is 0 Å². The van der Waals surface area contributed by atoms with E-state index in [4.69, 9.17) is 11.8 Å². The summed E-state index contributed by atoms with van der Waals surface area (Å²) >= 11 is 5.08. The zero-order valence-electron chi connectivity index (χ0n) is 8.03. The van der Waals surface area contributed by atoms with Gasteiger partial charge in [0.15, 0.2) is 0 Å². The smallest absolute Gasteiger partial charge is 0.253 e. The van der Waals surface area contributed by atoms with Gasteiger partial charge in [0.1, 0.15) is 5.78 Å². The van der Waals surface area contributed by atoms with E-state index in [-0.39, 0.29) is 17.1 Å². The summed E-state index contributed by atoms with van der Waals surface area (Å²) in [5, 5.41) is 0. The van der Waals surface area contributed by atoms with Gasteiger partial charge in [-0.15, -0.1) is 4.24 Å². The lowest BCUT2D eigenvalue weighted by Crippen LogP contribution is -2.13. The SMILES string of the molecule is CC(=O)Cc1cccc(S(=O)(=O)NCl)c1. The first-order valence-corrected chi connectivity index (χ1v) is 6.02. The Balaban J connectivity index is 3.08. The molecule has 0 saturated carbocycles. The van der Waals surface area contributed by atoms with E-state index in [1.54, 1.807) is 16.4 Å². The molecule has 0 amide bonds. The van der Waals surface area contributed by atoms with Crippen LogP contribution in [-0.4, -0.2) is 14.2 Å². The van der Waals surface area contributed by atoms with Crippen molar-refractivity contribution in [3.05, 3.63) is 29.8 Å². The molecule has 0 aliphatic heterocycles. The first kappa shape index (κ1) is 12.2. The maximum absolute atomic E-state index is 11.3. The van der Waals surface area contributed by atoms with Crippen LogP contribution >= 0.6 is 11.8 Å². The van der Waals surface area contributed by atoms with Gasteiger partial charge in [-0.1, -0.05) is 12.1 Å². The van der Waals surface area contributed by atoms with E-state index < -0.39 is 10.0 Å². The second-order valence-electron chi connectivity index (χ2n) is 3.11. The molecule has 0 atom stereocenters. The summed E-state index contributed by atoms with van der Waals surface area (Å²) in [5.41, 5.74) is 0.649. The molecular formula is C9H10ClNO3S. The second kappa shape index (κ2) is 4.74. The standard InChI is InChI=1S/C9H10ClNO3S/c1-7(12)5-8-3-2-4-9(6-8)15(13,14)11-10/h2-4,6,11H,5H2,1H3. The third-order valence-corrected chi connectivity index (χ3v) is 3.45. The van der Waals surface area contributed by atoms with E-state index in [1.807, 2.05) is 0 Å². The maximum Gasteiger partial charge on any atom is 0.253 e. The fourth-order valence-electron chi connectivity index (χ4n) is 1.15. The van der Waals surface area contributed by atoms with Crippen molar-refractivity contribution in [1.29, 1.82) is 0 Å². The molecule has 0 unspecified atom stereocenters. The van der Waals surface area contributed by atoms with Crippen molar-refractivity contribution in [3.8, 4) is 0 Å². The highest BCUT2D eigenvalue weighted by molar-refractivity contribution is 7.90. The summed E-state index contributed by atoms with van der Waals surface area (Å²) in [4.78, 5) is 10.9. The van der Waals surface area contributed by atoms with Gasteiger partial charge < -0.3 is 0 Å². The van der Waals surface area contributed by atoms with Crippen molar-refractivity contribution in [3.63, 3.8) is 0 Å². The molecule has 0 radical (unpaired) electrons. The summed E-state index contributed by atoms with van der Waals surface area (Å²) in [7, 11) is -3.65. The Morgan fingerprint density at radius 1 is 1.47 bits per heavy atom. The van der Waals surface area contributed by atoms with Gasteiger partial charge in [-0.25, -0.2) is 8.42 Å². The lowest BCUT2D eigenvalue weighted by molar-refractivity contribution is -0.116. The normalized spacial score (nSPS) is 11.3. The summed E-state index contributed by atoms with van der Waals surface area (Å²) in [5.74, 6) is -0.0246. The highest BCUT2D eigenvalue weighted by Gasteiger charge is 2.12. The first-order valence-electron chi connectivity index (χ1n) is 4.16. The molecule has 82 valence electrons. The molecule has 1 N–H and O–H groups in total. The van der Waals surface area contributed by atoms with Gasteiger partial charge in [0.2, 0.25) is 0 Å². The third kappa shape index (κ3) is 3.30. The van der Waals surface area contributed by atoms with Gasteiger partial charge in [-0.3, -0.25) is 4.79 Å². The first-order chi connectivity index (χ1) is 6.95. The van der Waals surface area contributed by atoms with Crippen LogP contribution in [0.15, 0.2) is 29.2 Å². The molecule has 15 heavy (non-hydrogen) atoms. The van der Waals surface area contributed by atoms with Gasteiger partial charge in [0.25, 0.3) is 10.0 Å². The fraction of sp³-hybridized carbons (Fsp3) is 0.222. The second-order valence-corrected chi connectivity index (χ2v) is 5.20. The minimum atomic E-state index is -3.65. The predicted molar refractivity (Wildman–Crippen MR) is 57.0 cm³/mol. The molecule has 0 heterocycles. The number of benzene rings is 1. The molecule has 0 aliphatic carbocycles. The number of rotatable bonds is 4. The average molecular weight is 248 g/mol.